The van der Waals surface area contributed by atoms with E-state index in [0.717, 1.165) is 12.0 Å². The fourth-order valence-corrected chi connectivity index (χ4v) is 2.95. The first kappa shape index (κ1) is 21.7. The average molecular weight is 412 g/mol. The third-order valence-electron chi connectivity index (χ3n) is 4.47. The van der Waals surface area contributed by atoms with Gasteiger partial charge in [0.1, 0.15) is 5.52 Å². The molecule has 0 aliphatic carbocycles. The van der Waals surface area contributed by atoms with Crippen molar-refractivity contribution >= 4 is 16.9 Å². The van der Waals surface area contributed by atoms with Crippen molar-refractivity contribution in [3.05, 3.63) is 40.9 Å². The van der Waals surface area contributed by atoms with E-state index in [4.69, 9.17) is 15.2 Å². The van der Waals surface area contributed by atoms with Gasteiger partial charge < -0.3 is 25.1 Å². The Morgan fingerprint density at radius 2 is 2.07 bits per heavy atom. The molecule has 0 saturated heterocycles. The fourth-order valence-electron chi connectivity index (χ4n) is 2.95. The van der Waals surface area contributed by atoms with Crippen LogP contribution >= 0.6 is 0 Å². The van der Waals surface area contributed by atoms with E-state index in [0.29, 0.717) is 48.9 Å². The molecule has 9 nitrogen and oxygen atoms in total. The zero-order valence-corrected chi connectivity index (χ0v) is 17.6. The number of hydrogen-bond acceptors (Lipinski definition) is 8. The van der Waals surface area contributed by atoms with Crippen molar-refractivity contribution in [3.8, 4) is 17.1 Å². The van der Waals surface area contributed by atoms with Crippen LogP contribution in [0.5, 0.6) is 5.88 Å². The molecule has 9 heteroatoms. The summed E-state index contributed by atoms with van der Waals surface area (Å²) in [7, 11) is 1.57. The number of pyridine rings is 2. The molecule has 1 unspecified atom stereocenters. The van der Waals surface area contributed by atoms with E-state index in [2.05, 4.69) is 20.3 Å². The minimum absolute atomic E-state index is 0.105. The van der Waals surface area contributed by atoms with Crippen LogP contribution in [-0.2, 0) is 11.3 Å². The second kappa shape index (κ2) is 10.1. The quantitative estimate of drug-likeness (QED) is 0.486. The molecule has 3 N–H and O–H groups in total. The summed E-state index contributed by atoms with van der Waals surface area (Å²) in [5, 5.41) is 3.04. The molecule has 0 bridgehead atoms. The summed E-state index contributed by atoms with van der Waals surface area (Å²) in [5.41, 5.74) is 8.41. The maximum atomic E-state index is 13.1. The lowest BCUT2D eigenvalue weighted by Crippen LogP contribution is -2.31. The summed E-state index contributed by atoms with van der Waals surface area (Å²) in [6.45, 7) is 5.85. The Balaban J connectivity index is 2.03. The van der Waals surface area contributed by atoms with Crippen molar-refractivity contribution < 1.29 is 9.47 Å². The monoisotopic (exact) mass is 412 g/mol. The summed E-state index contributed by atoms with van der Waals surface area (Å²) >= 11 is 0. The van der Waals surface area contributed by atoms with Crippen molar-refractivity contribution in [3.63, 3.8) is 0 Å². The zero-order valence-electron chi connectivity index (χ0n) is 17.6. The molecule has 3 aromatic heterocycles. The summed E-state index contributed by atoms with van der Waals surface area (Å²) in [4.78, 5) is 26.3. The largest absolute Gasteiger partial charge is 0.481 e. The molecule has 0 radical (unpaired) electrons. The Labute approximate surface area is 175 Å². The Morgan fingerprint density at radius 3 is 2.73 bits per heavy atom. The van der Waals surface area contributed by atoms with Crippen LogP contribution in [-0.4, -0.2) is 52.4 Å². The molecule has 3 aromatic rings. The molecule has 3 heterocycles. The van der Waals surface area contributed by atoms with Gasteiger partial charge >= 0.3 is 0 Å². The number of nitrogens with one attached hydrogen (secondary N) is 1. The summed E-state index contributed by atoms with van der Waals surface area (Å²) in [6, 6.07) is 5.39. The molecule has 0 spiro atoms. The van der Waals surface area contributed by atoms with Crippen molar-refractivity contribution in [1.82, 2.24) is 19.5 Å². The molecule has 3 rings (SSSR count). The van der Waals surface area contributed by atoms with E-state index in [9.17, 15) is 4.79 Å². The van der Waals surface area contributed by atoms with Crippen LogP contribution in [0.1, 0.15) is 20.3 Å². The Morgan fingerprint density at radius 1 is 1.23 bits per heavy atom. The maximum Gasteiger partial charge on any atom is 0.293 e. The van der Waals surface area contributed by atoms with Gasteiger partial charge in [0.05, 0.1) is 31.1 Å². The first-order valence-electron chi connectivity index (χ1n) is 10.0. The van der Waals surface area contributed by atoms with Gasteiger partial charge in [0.2, 0.25) is 5.88 Å². The van der Waals surface area contributed by atoms with E-state index in [-0.39, 0.29) is 17.4 Å². The number of anilines is 1. The van der Waals surface area contributed by atoms with Crippen LogP contribution in [0.15, 0.2) is 35.4 Å². The second-order valence-electron chi connectivity index (χ2n) is 7.04. The third-order valence-corrected chi connectivity index (χ3v) is 4.47. The van der Waals surface area contributed by atoms with Gasteiger partial charge in [0, 0.05) is 43.6 Å². The molecular weight excluding hydrogens is 384 g/mol. The van der Waals surface area contributed by atoms with Crippen LogP contribution in [0.3, 0.4) is 0 Å². The molecule has 30 heavy (non-hydrogen) atoms. The highest BCUT2D eigenvalue weighted by Gasteiger charge is 2.13. The smallest absolute Gasteiger partial charge is 0.293 e. The molecule has 0 fully saturated rings. The van der Waals surface area contributed by atoms with Gasteiger partial charge in [0.25, 0.3) is 5.56 Å². The molecule has 160 valence electrons. The van der Waals surface area contributed by atoms with Crippen molar-refractivity contribution in [1.29, 1.82) is 0 Å². The Bertz CT molecular complexity index is 1030. The van der Waals surface area contributed by atoms with Crippen LogP contribution in [0.2, 0.25) is 0 Å². The SMILES string of the molecule is CCCOCCn1c(=O)c(NCC(C)N)nc2cnc(-c3ccc(OC)nc3)cc21. The molecule has 0 aliphatic rings. The number of methoxy groups -OCH3 is 1. The minimum atomic E-state index is -0.215. The molecule has 1 atom stereocenters. The van der Waals surface area contributed by atoms with Crippen molar-refractivity contribution in [2.24, 2.45) is 5.73 Å². The van der Waals surface area contributed by atoms with Gasteiger partial charge in [-0.25, -0.2) is 9.97 Å². The van der Waals surface area contributed by atoms with Gasteiger partial charge in [-0.3, -0.25) is 9.78 Å². The van der Waals surface area contributed by atoms with E-state index in [1.54, 1.807) is 30.1 Å². The number of rotatable bonds is 10. The van der Waals surface area contributed by atoms with E-state index in [1.807, 2.05) is 26.0 Å². The van der Waals surface area contributed by atoms with Gasteiger partial charge in [-0.1, -0.05) is 6.92 Å². The number of fused-ring (bicyclic) bond motifs is 1. The highest BCUT2D eigenvalue weighted by Crippen LogP contribution is 2.22. The zero-order chi connectivity index (χ0) is 21.5. The van der Waals surface area contributed by atoms with Gasteiger partial charge in [-0.05, 0) is 25.5 Å². The normalized spacial score (nSPS) is 12.1. The topological polar surface area (TPSA) is 117 Å². The van der Waals surface area contributed by atoms with Crippen LogP contribution in [0, 0.1) is 0 Å². The minimum Gasteiger partial charge on any atom is -0.481 e. The molecular formula is C21H28N6O3. The standard InChI is InChI=1S/C21H28N6O3/c1-4-8-30-9-7-27-18-10-16(15-5-6-19(29-3)24-12-15)23-13-17(18)26-20(21(27)28)25-11-14(2)22/h5-6,10,12-14H,4,7-9,11,22H2,1-3H3,(H,25,26). The summed E-state index contributed by atoms with van der Waals surface area (Å²) < 4.78 is 12.4. The lowest BCUT2D eigenvalue weighted by Gasteiger charge is -2.15. The van der Waals surface area contributed by atoms with E-state index < -0.39 is 0 Å². The van der Waals surface area contributed by atoms with Gasteiger partial charge in [0.15, 0.2) is 5.82 Å². The van der Waals surface area contributed by atoms with Crippen LogP contribution in [0.4, 0.5) is 5.82 Å². The first-order chi connectivity index (χ1) is 14.5. The lowest BCUT2D eigenvalue weighted by atomic mass is 10.2. The van der Waals surface area contributed by atoms with Gasteiger partial charge in [-0.15, -0.1) is 0 Å². The molecule has 0 aliphatic heterocycles. The predicted molar refractivity (Wildman–Crippen MR) is 117 cm³/mol. The number of hydrogen-bond donors (Lipinski definition) is 2. The number of nitrogens with zero attached hydrogens (tertiary/aromatic N) is 4. The highest BCUT2D eigenvalue weighted by atomic mass is 16.5. The molecule has 0 aromatic carbocycles. The lowest BCUT2D eigenvalue weighted by molar-refractivity contribution is 0.127. The average Bonchev–Trinajstić information content (AvgIpc) is 2.76. The molecule has 0 amide bonds. The van der Waals surface area contributed by atoms with Crippen LogP contribution < -0.4 is 21.3 Å². The molecule has 0 saturated carbocycles. The first-order valence-corrected chi connectivity index (χ1v) is 10.0. The number of ether oxygens (including phenoxy) is 2. The summed E-state index contributed by atoms with van der Waals surface area (Å²) in [5.74, 6) is 0.784. The van der Waals surface area contributed by atoms with Crippen molar-refractivity contribution in [2.45, 2.75) is 32.9 Å². The van der Waals surface area contributed by atoms with Gasteiger partial charge in [-0.2, -0.15) is 0 Å². The Kier molecular flexibility index (Phi) is 7.31. The second-order valence-corrected chi connectivity index (χ2v) is 7.04. The van der Waals surface area contributed by atoms with Crippen LogP contribution in [0.25, 0.3) is 22.3 Å². The van der Waals surface area contributed by atoms with E-state index in [1.165, 1.54) is 0 Å². The predicted octanol–water partition coefficient (Wildman–Crippen LogP) is 2.05. The fraction of sp³-hybridized carbons (Fsp3) is 0.429. The van der Waals surface area contributed by atoms with E-state index >= 15 is 0 Å². The third kappa shape index (κ3) is 5.11. The summed E-state index contributed by atoms with van der Waals surface area (Å²) in [6.07, 6.45) is 4.27. The maximum absolute atomic E-state index is 13.1. The number of aromatic nitrogens is 4. The number of nitrogens with two attached hydrogens (primary N) is 1. The van der Waals surface area contributed by atoms with Crippen molar-refractivity contribution in [2.75, 3.05) is 32.2 Å². The highest BCUT2D eigenvalue weighted by molar-refractivity contribution is 5.80. The Hall–Kier alpha value is -3.04.